The number of rotatable bonds is 11. The summed E-state index contributed by atoms with van der Waals surface area (Å²) in [5.41, 5.74) is 0. The summed E-state index contributed by atoms with van der Waals surface area (Å²) in [6.45, 7) is 4.98. The minimum Gasteiger partial charge on any atom is -0.356 e. The molecule has 0 saturated heterocycles. The van der Waals surface area contributed by atoms with E-state index in [4.69, 9.17) is 0 Å². The van der Waals surface area contributed by atoms with Crippen LogP contribution in [0.1, 0.15) is 65.2 Å². The lowest BCUT2D eigenvalue weighted by Gasteiger charge is -2.05. The van der Waals surface area contributed by atoms with E-state index in [0.29, 0.717) is 19.5 Å². The third-order valence-electron chi connectivity index (χ3n) is 2.81. The molecule has 0 heterocycles. The highest BCUT2D eigenvalue weighted by atomic mass is 16.2. The fourth-order valence-corrected chi connectivity index (χ4v) is 1.73. The Bertz CT molecular complexity index is 230. The summed E-state index contributed by atoms with van der Waals surface area (Å²) in [6, 6.07) is 0. The molecule has 0 aromatic rings. The van der Waals surface area contributed by atoms with Gasteiger partial charge in [0.15, 0.2) is 0 Å². The lowest BCUT2D eigenvalue weighted by molar-refractivity contribution is -0.121. The minimum absolute atomic E-state index is 0.0200. The Morgan fingerprint density at radius 1 is 0.833 bits per heavy atom. The maximum atomic E-state index is 11.4. The van der Waals surface area contributed by atoms with E-state index in [0.717, 1.165) is 19.3 Å². The second-order valence-electron chi connectivity index (χ2n) is 4.70. The van der Waals surface area contributed by atoms with E-state index in [-0.39, 0.29) is 11.8 Å². The topological polar surface area (TPSA) is 58.2 Å². The van der Waals surface area contributed by atoms with Crippen molar-refractivity contribution < 1.29 is 9.59 Å². The normalized spacial score (nSPS) is 10.1. The molecule has 18 heavy (non-hydrogen) atoms. The summed E-state index contributed by atoms with van der Waals surface area (Å²) in [5.74, 6) is 0.113. The van der Waals surface area contributed by atoms with Crippen molar-refractivity contribution in [1.29, 1.82) is 0 Å². The molecule has 0 rings (SSSR count). The highest BCUT2D eigenvalue weighted by molar-refractivity contribution is 5.75. The Morgan fingerprint density at radius 3 is 2.11 bits per heavy atom. The Morgan fingerprint density at radius 2 is 1.44 bits per heavy atom. The molecule has 0 fully saturated rings. The van der Waals surface area contributed by atoms with Crippen LogP contribution in [0.3, 0.4) is 0 Å². The van der Waals surface area contributed by atoms with Crippen LogP contribution in [0.4, 0.5) is 0 Å². The van der Waals surface area contributed by atoms with Gasteiger partial charge in [0.05, 0.1) is 0 Å². The van der Waals surface area contributed by atoms with E-state index in [2.05, 4.69) is 17.6 Å². The average Bonchev–Trinajstić information content (AvgIpc) is 2.33. The molecule has 2 N–H and O–H groups in total. The zero-order valence-electron chi connectivity index (χ0n) is 11.9. The molecule has 0 saturated carbocycles. The summed E-state index contributed by atoms with van der Waals surface area (Å²) in [4.78, 5) is 22.0. The van der Waals surface area contributed by atoms with Crippen LogP contribution in [0, 0.1) is 0 Å². The highest BCUT2D eigenvalue weighted by Gasteiger charge is 2.00. The first-order valence-corrected chi connectivity index (χ1v) is 7.18. The molecule has 0 aromatic carbocycles. The van der Waals surface area contributed by atoms with Gasteiger partial charge in [-0.15, -0.1) is 0 Å². The number of hydrogen-bond acceptors (Lipinski definition) is 2. The molecule has 0 bridgehead atoms. The van der Waals surface area contributed by atoms with E-state index in [1.807, 2.05) is 0 Å². The minimum atomic E-state index is -0.0200. The largest absolute Gasteiger partial charge is 0.356 e. The zero-order valence-corrected chi connectivity index (χ0v) is 11.9. The van der Waals surface area contributed by atoms with Crippen molar-refractivity contribution in [3.8, 4) is 0 Å². The Balaban J connectivity index is 3.20. The number of amides is 2. The number of hydrogen-bond donors (Lipinski definition) is 2. The third-order valence-corrected chi connectivity index (χ3v) is 2.81. The number of carbonyl (C=O) groups excluding carboxylic acids is 2. The third kappa shape index (κ3) is 13.0. The molecule has 0 unspecified atom stereocenters. The van der Waals surface area contributed by atoms with Crippen molar-refractivity contribution in [3.05, 3.63) is 0 Å². The highest BCUT2D eigenvalue weighted by Crippen LogP contribution is 2.06. The van der Waals surface area contributed by atoms with Crippen molar-refractivity contribution in [2.45, 2.75) is 65.2 Å². The molecule has 2 amide bonds. The quantitative estimate of drug-likeness (QED) is 0.558. The molecule has 0 atom stereocenters. The van der Waals surface area contributed by atoms with Gasteiger partial charge in [-0.25, -0.2) is 0 Å². The van der Waals surface area contributed by atoms with Gasteiger partial charge < -0.3 is 10.6 Å². The number of nitrogens with one attached hydrogen (secondary N) is 2. The monoisotopic (exact) mass is 256 g/mol. The second kappa shape index (κ2) is 12.4. The van der Waals surface area contributed by atoms with Crippen LogP contribution in [0.2, 0.25) is 0 Å². The van der Waals surface area contributed by atoms with Crippen LogP contribution in [0.5, 0.6) is 0 Å². The average molecular weight is 256 g/mol. The van der Waals surface area contributed by atoms with Gasteiger partial charge in [0, 0.05) is 26.4 Å². The van der Waals surface area contributed by atoms with E-state index >= 15 is 0 Å². The number of carbonyl (C=O) groups is 2. The maximum absolute atomic E-state index is 11.4. The standard InChI is InChI=1S/C14H28N2O2/c1-3-4-5-6-7-8-10-14(18)16-12-9-11-15-13(2)17/h3-12H2,1-2H3,(H,15,17)(H,16,18). The fourth-order valence-electron chi connectivity index (χ4n) is 1.73. The first-order chi connectivity index (χ1) is 8.66. The molecule has 0 aromatic heterocycles. The molecular formula is C14H28N2O2. The van der Waals surface area contributed by atoms with Crippen LogP contribution in [0.15, 0.2) is 0 Å². The molecule has 4 nitrogen and oxygen atoms in total. The SMILES string of the molecule is CCCCCCCCC(=O)NCCCNC(C)=O. The lowest BCUT2D eigenvalue weighted by atomic mass is 10.1. The molecule has 0 aliphatic carbocycles. The molecule has 4 heteroatoms. The van der Waals surface area contributed by atoms with Crippen LogP contribution < -0.4 is 10.6 Å². The van der Waals surface area contributed by atoms with Gasteiger partial charge in [-0.1, -0.05) is 39.0 Å². The molecule has 0 aliphatic heterocycles. The smallest absolute Gasteiger partial charge is 0.219 e. The fraction of sp³-hybridized carbons (Fsp3) is 0.857. The Labute approximate surface area is 111 Å². The summed E-state index contributed by atoms with van der Waals surface area (Å²) in [7, 11) is 0. The van der Waals surface area contributed by atoms with E-state index in [1.54, 1.807) is 0 Å². The molecule has 0 radical (unpaired) electrons. The summed E-state index contributed by atoms with van der Waals surface area (Å²) < 4.78 is 0. The second-order valence-corrected chi connectivity index (χ2v) is 4.70. The van der Waals surface area contributed by atoms with Gasteiger partial charge in [-0.3, -0.25) is 9.59 Å². The van der Waals surface area contributed by atoms with Crippen LogP contribution in [-0.4, -0.2) is 24.9 Å². The molecule has 0 aliphatic rings. The predicted octanol–water partition coefficient (Wildman–Crippen LogP) is 2.38. The Kier molecular flexibility index (Phi) is 11.7. The predicted molar refractivity (Wildman–Crippen MR) is 74.3 cm³/mol. The first-order valence-electron chi connectivity index (χ1n) is 7.18. The van der Waals surface area contributed by atoms with E-state index in [1.165, 1.54) is 32.6 Å². The molecule has 0 spiro atoms. The first kappa shape index (κ1) is 16.9. The molecule has 106 valence electrons. The van der Waals surface area contributed by atoms with Crippen molar-refractivity contribution >= 4 is 11.8 Å². The van der Waals surface area contributed by atoms with Crippen molar-refractivity contribution in [2.24, 2.45) is 0 Å². The summed E-state index contributed by atoms with van der Waals surface area (Å²) >= 11 is 0. The van der Waals surface area contributed by atoms with Gasteiger partial charge in [0.25, 0.3) is 0 Å². The van der Waals surface area contributed by atoms with Gasteiger partial charge in [-0.05, 0) is 12.8 Å². The van der Waals surface area contributed by atoms with Crippen molar-refractivity contribution in [2.75, 3.05) is 13.1 Å². The van der Waals surface area contributed by atoms with Gasteiger partial charge in [-0.2, -0.15) is 0 Å². The maximum Gasteiger partial charge on any atom is 0.219 e. The van der Waals surface area contributed by atoms with Crippen LogP contribution in [-0.2, 0) is 9.59 Å². The Hall–Kier alpha value is -1.06. The van der Waals surface area contributed by atoms with Gasteiger partial charge >= 0.3 is 0 Å². The van der Waals surface area contributed by atoms with E-state index < -0.39 is 0 Å². The van der Waals surface area contributed by atoms with Crippen LogP contribution in [0.25, 0.3) is 0 Å². The lowest BCUT2D eigenvalue weighted by Crippen LogP contribution is -2.28. The molecular weight excluding hydrogens is 228 g/mol. The van der Waals surface area contributed by atoms with E-state index in [9.17, 15) is 9.59 Å². The summed E-state index contributed by atoms with van der Waals surface area (Å²) in [5, 5.41) is 5.57. The van der Waals surface area contributed by atoms with Gasteiger partial charge in [0.1, 0.15) is 0 Å². The van der Waals surface area contributed by atoms with Crippen LogP contribution >= 0.6 is 0 Å². The summed E-state index contributed by atoms with van der Waals surface area (Å²) in [6.07, 6.45) is 8.65. The number of unbranched alkanes of at least 4 members (excludes halogenated alkanes) is 5. The van der Waals surface area contributed by atoms with Crippen molar-refractivity contribution in [3.63, 3.8) is 0 Å². The zero-order chi connectivity index (χ0) is 13.6. The van der Waals surface area contributed by atoms with Gasteiger partial charge in [0.2, 0.25) is 11.8 Å². The van der Waals surface area contributed by atoms with Crippen molar-refractivity contribution in [1.82, 2.24) is 10.6 Å².